The maximum atomic E-state index is 11.5. The first kappa shape index (κ1) is 13.1. The molecule has 1 aromatic heterocycles. The van der Waals surface area contributed by atoms with Crippen LogP contribution in [0.3, 0.4) is 0 Å². The van der Waals surface area contributed by atoms with Crippen LogP contribution in [0.1, 0.15) is 32.0 Å². The minimum Gasteiger partial charge on any atom is -0.361 e. The standard InChI is InChI=1S/C12H17ClN4O/c1-2-3-10-16-9(13)6-11(17-10)14-7-12(18)15-8-4-5-8/h6,8H,2-5,7H2,1H3,(H,15,18)(H,14,16,17). The second-order valence-corrected chi connectivity index (χ2v) is 4.82. The van der Waals surface area contributed by atoms with Crippen LogP contribution < -0.4 is 10.6 Å². The molecule has 0 aromatic carbocycles. The van der Waals surface area contributed by atoms with Crippen LogP contribution in [0, 0.1) is 0 Å². The predicted molar refractivity (Wildman–Crippen MR) is 70.7 cm³/mol. The summed E-state index contributed by atoms with van der Waals surface area (Å²) in [6, 6.07) is 2.01. The molecule has 0 saturated heterocycles. The molecule has 1 heterocycles. The molecule has 1 fully saturated rings. The third-order valence-corrected chi connectivity index (χ3v) is 2.78. The van der Waals surface area contributed by atoms with Crippen molar-refractivity contribution in [2.45, 2.75) is 38.6 Å². The minimum atomic E-state index is -0.00993. The van der Waals surface area contributed by atoms with E-state index in [1.165, 1.54) is 0 Å². The molecule has 0 unspecified atom stereocenters. The van der Waals surface area contributed by atoms with Gasteiger partial charge in [0.05, 0.1) is 6.54 Å². The van der Waals surface area contributed by atoms with Crippen LogP contribution in [0.5, 0.6) is 0 Å². The first-order chi connectivity index (χ1) is 8.67. The lowest BCUT2D eigenvalue weighted by Gasteiger charge is -2.07. The van der Waals surface area contributed by atoms with Gasteiger partial charge in [0, 0.05) is 18.5 Å². The Bertz CT molecular complexity index is 434. The van der Waals surface area contributed by atoms with Gasteiger partial charge in [0.15, 0.2) is 0 Å². The van der Waals surface area contributed by atoms with E-state index in [2.05, 4.69) is 27.5 Å². The van der Waals surface area contributed by atoms with Crippen molar-refractivity contribution in [2.75, 3.05) is 11.9 Å². The van der Waals surface area contributed by atoms with Crippen LogP contribution >= 0.6 is 11.6 Å². The highest BCUT2D eigenvalue weighted by Gasteiger charge is 2.22. The summed E-state index contributed by atoms with van der Waals surface area (Å²) in [6.45, 7) is 2.27. The first-order valence-electron chi connectivity index (χ1n) is 6.24. The van der Waals surface area contributed by atoms with Crippen molar-refractivity contribution in [1.29, 1.82) is 0 Å². The largest absolute Gasteiger partial charge is 0.361 e. The minimum absolute atomic E-state index is 0.00993. The topological polar surface area (TPSA) is 66.9 Å². The van der Waals surface area contributed by atoms with Crippen LogP contribution in [0.25, 0.3) is 0 Å². The van der Waals surface area contributed by atoms with Crippen molar-refractivity contribution in [3.8, 4) is 0 Å². The second-order valence-electron chi connectivity index (χ2n) is 4.44. The highest BCUT2D eigenvalue weighted by atomic mass is 35.5. The summed E-state index contributed by atoms with van der Waals surface area (Å²) in [5.41, 5.74) is 0. The van der Waals surface area contributed by atoms with E-state index in [-0.39, 0.29) is 12.5 Å². The van der Waals surface area contributed by atoms with Crippen LogP contribution in [-0.4, -0.2) is 28.5 Å². The SMILES string of the molecule is CCCc1nc(Cl)cc(NCC(=O)NC2CC2)n1. The fraction of sp³-hybridized carbons (Fsp3) is 0.583. The lowest BCUT2D eigenvalue weighted by atomic mass is 10.3. The van der Waals surface area contributed by atoms with Crippen molar-refractivity contribution in [1.82, 2.24) is 15.3 Å². The number of rotatable bonds is 6. The zero-order valence-electron chi connectivity index (χ0n) is 10.4. The number of halogens is 1. The number of hydrogen-bond acceptors (Lipinski definition) is 4. The Morgan fingerprint density at radius 2 is 2.28 bits per heavy atom. The van der Waals surface area contributed by atoms with Gasteiger partial charge in [-0.05, 0) is 19.3 Å². The zero-order chi connectivity index (χ0) is 13.0. The summed E-state index contributed by atoms with van der Waals surface area (Å²) in [4.78, 5) is 19.9. The number of nitrogens with one attached hydrogen (secondary N) is 2. The van der Waals surface area contributed by atoms with Crippen LogP contribution in [-0.2, 0) is 11.2 Å². The Morgan fingerprint density at radius 3 is 2.94 bits per heavy atom. The van der Waals surface area contributed by atoms with E-state index in [9.17, 15) is 4.79 Å². The Labute approximate surface area is 111 Å². The van der Waals surface area contributed by atoms with Gasteiger partial charge < -0.3 is 10.6 Å². The Balaban J connectivity index is 1.88. The van der Waals surface area contributed by atoms with Crippen molar-refractivity contribution in [2.24, 2.45) is 0 Å². The van der Waals surface area contributed by atoms with Crippen molar-refractivity contribution < 1.29 is 4.79 Å². The van der Waals surface area contributed by atoms with Gasteiger partial charge in [-0.15, -0.1) is 0 Å². The molecule has 6 heteroatoms. The maximum Gasteiger partial charge on any atom is 0.239 e. The highest BCUT2D eigenvalue weighted by Crippen LogP contribution is 2.18. The average Bonchev–Trinajstić information content (AvgIpc) is 3.10. The van der Waals surface area contributed by atoms with Gasteiger partial charge >= 0.3 is 0 Å². The van der Waals surface area contributed by atoms with Gasteiger partial charge in [0.25, 0.3) is 0 Å². The third-order valence-electron chi connectivity index (χ3n) is 2.59. The van der Waals surface area contributed by atoms with Gasteiger partial charge in [0.1, 0.15) is 16.8 Å². The van der Waals surface area contributed by atoms with E-state index >= 15 is 0 Å². The smallest absolute Gasteiger partial charge is 0.239 e. The predicted octanol–water partition coefficient (Wildman–Crippen LogP) is 1.77. The Hall–Kier alpha value is -1.36. The van der Waals surface area contributed by atoms with Crippen LogP contribution in [0.2, 0.25) is 5.15 Å². The average molecular weight is 269 g/mol. The van der Waals surface area contributed by atoms with Gasteiger partial charge in [0.2, 0.25) is 5.91 Å². The lowest BCUT2D eigenvalue weighted by Crippen LogP contribution is -2.31. The molecule has 0 radical (unpaired) electrons. The van der Waals surface area contributed by atoms with Crippen molar-refractivity contribution in [3.63, 3.8) is 0 Å². The summed E-state index contributed by atoms with van der Waals surface area (Å²) >= 11 is 5.90. The summed E-state index contributed by atoms with van der Waals surface area (Å²) in [5, 5.41) is 6.27. The second kappa shape index (κ2) is 6.00. The number of amides is 1. The summed E-state index contributed by atoms with van der Waals surface area (Å²) in [7, 11) is 0. The molecule has 1 amide bonds. The third kappa shape index (κ3) is 4.14. The molecule has 1 aliphatic carbocycles. The molecule has 0 atom stereocenters. The number of aryl methyl sites for hydroxylation is 1. The molecule has 2 N–H and O–H groups in total. The van der Waals surface area contributed by atoms with Gasteiger partial charge in [-0.3, -0.25) is 4.79 Å². The number of carbonyl (C=O) groups is 1. The number of aromatic nitrogens is 2. The summed E-state index contributed by atoms with van der Waals surface area (Å²) in [5.74, 6) is 1.30. The van der Waals surface area contributed by atoms with Crippen molar-refractivity contribution in [3.05, 3.63) is 17.0 Å². The van der Waals surface area contributed by atoms with Gasteiger partial charge in [-0.25, -0.2) is 9.97 Å². The molecule has 98 valence electrons. The van der Waals surface area contributed by atoms with Gasteiger partial charge in [-0.1, -0.05) is 18.5 Å². The monoisotopic (exact) mass is 268 g/mol. The molecule has 0 aliphatic heterocycles. The zero-order valence-corrected chi connectivity index (χ0v) is 11.1. The Kier molecular flexibility index (Phi) is 4.36. The number of nitrogens with zero attached hydrogens (tertiary/aromatic N) is 2. The summed E-state index contributed by atoms with van der Waals surface area (Å²) in [6.07, 6.45) is 3.92. The van der Waals surface area contributed by atoms with Crippen molar-refractivity contribution >= 4 is 23.3 Å². The number of carbonyl (C=O) groups excluding carboxylic acids is 1. The fourth-order valence-corrected chi connectivity index (χ4v) is 1.77. The van der Waals surface area contributed by atoms with E-state index in [4.69, 9.17) is 11.6 Å². The lowest BCUT2D eigenvalue weighted by molar-refractivity contribution is -0.119. The maximum absolute atomic E-state index is 11.5. The summed E-state index contributed by atoms with van der Waals surface area (Å²) < 4.78 is 0. The van der Waals surface area contributed by atoms with E-state index in [0.717, 1.165) is 25.7 Å². The van der Waals surface area contributed by atoms with E-state index in [1.54, 1.807) is 6.07 Å². The molecular weight excluding hydrogens is 252 g/mol. The number of anilines is 1. The fourth-order valence-electron chi connectivity index (χ4n) is 1.57. The first-order valence-corrected chi connectivity index (χ1v) is 6.62. The quantitative estimate of drug-likeness (QED) is 0.772. The molecular formula is C12H17ClN4O. The molecule has 0 bridgehead atoms. The van der Waals surface area contributed by atoms with Crippen LogP contribution in [0.4, 0.5) is 5.82 Å². The van der Waals surface area contributed by atoms with E-state index in [1.807, 2.05) is 0 Å². The Morgan fingerprint density at radius 1 is 1.50 bits per heavy atom. The van der Waals surface area contributed by atoms with Gasteiger partial charge in [-0.2, -0.15) is 0 Å². The van der Waals surface area contributed by atoms with E-state index in [0.29, 0.717) is 22.8 Å². The molecule has 1 aromatic rings. The highest BCUT2D eigenvalue weighted by molar-refractivity contribution is 6.29. The van der Waals surface area contributed by atoms with Crippen LogP contribution in [0.15, 0.2) is 6.07 Å². The van der Waals surface area contributed by atoms with E-state index < -0.39 is 0 Å². The molecule has 0 spiro atoms. The molecule has 1 aliphatic rings. The number of hydrogen-bond donors (Lipinski definition) is 2. The molecule has 2 rings (SSSR count). The molecule has 5 nitrogen and oxygen atoms in total. The molecule has 1 saturated carbocycles. The molecule has 18 heavy (non-hydrogen) atoms. The normalized spacial score (nSPS) is 14.3.